The summed E-state index contributed by atoms with van der Waals surface area (Å²) in [4.78, 5) is 11.9. The number of hydrogen-bond donors (Lipinski definition) is 2. The summed E-state index contributed by atoms with van der Waals surface area (Å²) in [7, 11) is 1.80. The second kappa shape index (κ2) is 4.81. The zero-order valence-corrected chi connectivity index (χ0v) is 11.5. The average molecular weight is 310 g/mol. The molecule has 94 valence electrons. The molecule has 0 saturated heterocycles. The van der Waals surface area contributed by atoms with Gasteiger partial charge in [0, 0.05) is 24.4 Å². The quantitative estimate of drug-likeness (QED) is 0.895. The van der Waals surface area contributed by atoms with Crippen LogP contribution in [0.3, 0.4) is 0 Å². The third kappa shape index (κ3) is 2.53. The van der Waals surface area contributed by atoms with E-state index in [2.05, 4.69) is 26.3 Å². The van der Waals surface area contributed by atoms with E-state index in [-0.39, 0.29) is 11.7 Å². The van der Waals surface area contributed by atoms with Crippen LogP contribution in [0.2, 0.25) is 0 Å². The maximum Gasteiger partial charge on any atom is 0.256 e. The van der Waals surface area contributed by atoms with E-state index in [1.165, 1.54) is 6.07 Å². The molecule has 2 N–H and O–H groups in total. The van der Waals surface area contributed by atoms with E-state index in [1.807, 2.05) is 6.92 Å². The van der Waals surface area contributed by atoms with Crippen LogP contribution in [0, 0.1) is 6.92 Å². The average Bonchev–Trinajstić information content (AvgIpc) is 2.61. The lowest BCUT2D eigenvalue weighted by Crippen LogP contribution is -2.12. The maximum absolute atomic E-state index is 11.9. The Morgan fingerprint density at radius 3 is 2.72 bits per heavy atom. The largest absolute Gasteiger partial charge is 0.507 e. The molecule has 0 atom stereocenters. The predicted molar refractivity (Wildman–Crippen MR) is 71.7 cm³/mol. The number of aryl methyl sites for hydroxylation is 2. The van der Waals surface area contributed by atoms with E-state index in [0.717, 1.165) is 5.69 Å². The van der Waals surface area contributed by atoms with Gasteiger partial charge >= 0.3 is 0 Å². The van der Waals surface area contributed by atoms with Crippen LogP contribution in [0.4, 0.5) is 5.82 Å². The Kier molecular flexibility index (Phi) is 3.38. The zero-order valence-electron chi connectivity index (χ0n) is 9.94. The third-order valence-corrected chi connectivity index (χ3v) is 3.23. The summed E-state index contributed by atoms with van der Waals surface area (Å²) in [6, 6.07) is 6.41. The third-order valence-electron chi connectivity index (χ3n) is 2.56. The molecular weight excluding hydrogens is 298 g/mol. The van der Waals surface area contributed by atoms with Gasteiger partial charge in [0.2, 0.25) is 0 Å². The van der Waals surface area contributed by atoms with Crippen molar-refractivity contribution in [2.45, 2.75) is 6.92 Å². The van der Waals surface area contributed by atoms with Crippen molar-refractivity contribution in [3.05, 3.63) is 40.0 Å². The predicted octanol–water partition coefficient (Wildman–Crippen LogP) is 2.45. The fourth-order valence-electron chi connectivity index (χ4n) is 1.46. The molecule has 2 rings (SSSR count). The number of carbonyl (C=O) groups excluding carboxylic acids is 1. The lowest BCUT2D eigenvalue weighted by molar-refractivity contribution is 0.102. The monoisotopic (exact) mass is 309 g/mol. The summed E-state index contributed by atoms with van der Waals surface area (Å²) in [6.45, 7) is 1.90. The first-order chi connectivity index (χ1) is 8.47. The molecular formula is C12H12BrN3O2. The Morgan fingerprint density at radius 1 is 1.44 bits per heavy atom. The van der Waals surface area contributed by atoms with E-state index < -0.39 is 0 Å². The van der Waals surface area contributed by atoms with Crippen molar-refractivity contribution >= 4 is 27.7 Å². The van der Waals surface area contributed by atoms with Gasteiger partial charge in [0.25, 0.3) is 5.91 Å². The van der Waals surface area contributed by atoms with Gasteiger partial charge in [-0.25, -0.2) is 0 Å². The molecule has 18 heavy (non-hydrogen) atoms. The Bertz CT molecular complexity index is 588. The number of hydrogen-bond acceptors (Lipinski definition) is 3. The fraction of sp³-hybridized carbons (Fsp3) is 0.167. The fourth-order valence-corrected chi connectivity index (χ4v) is 1.71. The number of amides is 1. The summed E-state index contributed by atoms with van der Waals surface area (Å²) < 4.78 is 2.22. The van der Waals surface area contributed by atoms with Crippen molar-refractivity contribution in [1.29, 1.82) is 0 Å². The molecule has 0 aliphatic heterocycles. The van der Waals surface area contributed by atoms with Crippen LogP contribution in [0.1, 0.15) is 16.1 Å². The number of carbonyl (C=O) groups is 1. The van der Waals surface area contributed by atoms with Gasteiger partial charge in [-0.1, -0.05) is 0 Å². The van der Waals surface area contributed by atoms with E-state index in [1.54, 1.807) is 29.9 Å². The smallest absolute Gasteiger partial charge is 0.256 e. The Labute approximate surface area is 113 Å². The minimum absolute atomic E-state index is 0.0276. The van der Waals surface area contributed by atoms with Gasteiger partial charge < -0.3 is 10.4 Å². The standard InChI is InChI=1S/C12H12BrN3O2/c1-7-5-11(15-16(7)2)14-12(18)8-3-4-9(13)10(17)6-8/h3-6,17H,1-2H3,(H,14,15,18). The topological polar surface area (TPSA) is 67.2 Å². The first kappa shape index (κ1) is 12.6. The second-order valence-corrected chi connectivity index (χ2v) is 4.77. The van der Waals surface area contributed by atoms with E-state index >= 15 is 0 Å². The van der Waals surface area contributed by atoms with Gasteiger partial charge in [0.15, 0.2) is 5.82 Å². The van der Waals surface area contributed by atoms with Crippen molar-refractivity contribution in [3.63, 3.8) is 0 Å². The second-order valence-electron chi connectivity index (χ2n) is 3.91. The summed E-state index contributed by atoms with van der Waals surface area (Å²) in [5, 5.41) is 16.3. The number of nitrogens with zero attached hydrogens (tertiary/aromatic N) is 2. The highest BCUT2D eigenvalue weighted by Gasteiger charge is 2.10. The van der Waals surface area contributed by atoms with Gasteiger partial charge in [-0.3, -0.25) is 9.48 Å². The van der Waals surface area contributed by atoms with Gasteiger partial charge in [0.05, 0.1) is 4.47 Å². The molecule has 5 nitrogen and oxygen atoms in total. The van der Waals surface area contributed by atoms with Crippen LogP contribution >= 0.6 is 15.9 Å². The van der Waals surface area contributed by atoms with E-state index in [4.69, 9.17) is 0 Å². The van der Waals surface area contributed by atoms with Crippen LogP contribution in [0.5, 0.6) is 5.75 Å². The van der Waals surface area contributed by atoms with Crippen molar-refractivity contribution in [2.75, 3.05) is 5.32 Å². The summed E-state index contributed by atoms with van der Waals surface area (Å²) in [5.74, 6) is 0.207. The maximum atomic E-state index is 11.9. The highest BCUT2D eigenvalue weighted by molar-refractivity contribution is 9.10. The highest BCUT2D eigenvalue weighted by atomic mass is 79.9. The number of anilines is 1. The molecule has 1 amide bonds. The van der Waals surface area contributed by atoms with Crippen LogP contribution in [0.15, 0.2) is 28.7 Å². The molecule has 0 saturated carbocycles. The number of nitrogens with one attached hydrogen (secondary N) is 1. The molecule has 1 aromatic heterocycles. The minimum atomic E-state index is -0.309. The normalized spacial score (nSPS) is 10.4. The van der Waals surface area contributed by atoms with Crippen molar-refractivity contribution < 1.29 is 9.90 Å². The molecule has 0 unspecified atom stereocenters. The molecule has 1 aromatic carbocycles. The molecule has 0 radical (unpaired) electrons. The number of phenols is 1. The molecule has 2 aromatic rings. The lowest BCUT2D eigenvalue weighted by atomic mass is 10.2. The summed E-state index contributed by atoms with van der Waals surface area (Å²) in [5.41, 5.74) is 1.32. The van der Waals surface area contributed by atoms with Crippen LogP contribution in [-0.4, -0.2) is 20.8 Å². The Hall–Kier alpha value is -1.82. The number of benzene rings is 1. The number of halogens is 1. The molecule has 6 heteroatoms. The molecule has 0 fully saturated rings. The summed E-state index contributed by atoms with van der Waals surface area (Å²) in [6.07, 6.45) is 0. The van der Waals surface area contributed by atoms with Gasteiger partial charge in [-0.05, 0) is 41.1 Å². The van der Waals surface area contributed by atoms with Gasteiger partial charge in [-0.2, -0.15) is 5.10 Å². The van der Waals surface area contributed by atoms with Gasteiger partial charge in [-0.15, -0.1) is 0 Å². The van der Waals surface area contributed by atoms with Crippen LogP contribution in [-0.2, 0) is 7.05 Å². The minimum Gasteiger partial charge on any atom is -0.507 e. The Morgan fingerprint density at radius 2 is 2.17 bits per heavy atom. The molecule has 0 aliphatic carbocycles. The first-order valence-electron chi connectivity index (χ1n) is 5.28. The van der Waals surface area contributed by atoms with Gasteiger partial charge in [0.1, 0.15) is 5.75 Å². The molecule has 1 heterocycles. The van der Waals surface area contributed by atoms with Crippen LogP contribution in [0.25, 0.3) is 0 Å². The molecule has 0 aliphatic rings. The SMILES string of the molecule is Cc1cc(NC(=O)c2ccc(Br)c(O)c2)nn1C. The number of rotatable bonds is 2. The number of phenolic OH excluding ortho intramolecular Hbond substituents is 1. The van der Waals surface area contributed by atoms with E-state index in [0.29, 0.717) is 15.9 Å². The number of aromatic nitrogens is 2. The summed E-state index contributed by atoms with van der Waals surface area (Å²) >= 11 is 3.16. The molecule has 0 bridgehead atoms. The number of aromatic hydroxyl groups is 1. The van der Waals surface area contributed by atoms with E-state index in [9.17, 15) is 9.90 Å². The Balaban J connectivity index is 2.19. The van der Waals surface area contributed by atoms with Crippen LogP contribution < -0.4 is 5.32 Å². The highest BCUT2D eigenvalue weighted by Crippen LogP contribution is 2.24. The molecule has 0 spiro atoms. The zero-order chi connectivity index (χ0) is 13.3. The first-order valence-corrected chi connectivity index (χ1v) is 6.07. The van der Waals surface area contributed by atoms with Crippen molar-refractivity contribution in [3.8, 4) is 5.75 Å². The van der Waals surface area contributed by atoms with Crippen molar-refractivity contribution in [1.82, 2.24) is 9.78 Å². The van der Waals surface area contributed by atoms with Crippen molar-refractivity contribution in [2.24, 2.45) is 7.05 Å². The lowest BCUT2D eigenvalue weighted by Gasteiger charge is -2.03.